The zero-order valence-corrected chi connectivity index (χ0v) is 19.9. The van der Waals surface area contributed by atoms with Gasteiger partial charge in [0, 0.05) is 12.8 Å². The van der Waals surface area contributed by atoms with Crippen molar-refractivity contribution in [3.63, 3.8) is 0 Å². The molecule has 9 heteroatoms. The summed E-state index contributed by atoms with van der Waals surface area (Å²) in [6, 6.07) is 0. The molecule has 0 saturated carbocycles. The van der Waals surface area contributed by atoms with E-state index in [1.54, 1.807) is 0 Å². The Morgan fingerprint density at radius 3 is 1.97 bits per heavy atom. The molecule has 182 valence electrons. The molecule has 31 heavy (non-hydrogen) atoms. The van der Waals surface area contributed by atoms with E-state index in [4.69, 9.17) is 9.79 Å². The van der Waals surface area contributed by atoms with Crippen LogP contribution in [0.4, 0.5) is 0 Å². The number of aliphatic hydroxyl groups is 2. The highest BCUT2D eigenvalue weighted by molar-refractivity contribution is 7.46. The normalized spacial score (nSPS) is 15.2. The Kier molecular flexibility index (Phi) is 16.2. The molecule has 8 nitrogen and oxygen atoms in total. The maximum atomic E-state index is 12.2. The minimum atomic E-state index is -4.97. The molecule has 0 aliphatic carbocycles. The van der Waals surface area contributed by atoms with Crippen LogP contribution in [0.25, 0.3) is 0 Å². The molecule has 0 amide bonds. The lowest BCUT2D eigenvalue weighted by Gasteiger charge is -2.30. The van der Waals surface area contributed by atoms with Crippen LogP contribution in [0.1, 0.15) is 97.3 Å². The largest absolute Gasteiger partial charge is 0.469 e. The fraction of sp³-hybridized carbons (Fsp3) is 0.818. The Morgan fingerprint density at radius 1 is 0.935 bits per heavy atom. The highest BCUT2D eigenvalue weighted by Gasteiger charge is 2.47. The number of carbonyl (C=O) groups excluding carboxylic acids is 2. The molecule has 0 radical (unpaired) electrons. The van der Waals surface area contributed by atoms with Crippen LogP contribution in [0.15, 0.2) is 12.2 Å². The average Bonchev–Trinajstić information content (AvgIpc) is 2.73. The van der Waals surface area contributed by atoms with Gasteiger partial charge in [-0.3, -0.25) is 14.1 Å². The number of allylic oxidation sites excluding steroid dienone is 2. The monoisotopic (exact) mass is 464 g/mol. The summed E-state index contributed by atoms with van der Waals surface area (Å²) >= 11 is 0. The minimum absolute atomic E-state index is 0.0337. The molecule has 0 saturated heterocycles. The van der Waals surface area contributed by atoms with Crippen LogP contribution in [0.2, 0.25) is 0 Å². The number of carbonyl (C=O) groups is 2. The maximum Gasteiger partial charge on any atom is 0.469 e. The molecule has 0 aliphatic heterocycles. The van der Waals surface area contributed by atoms with Crippen LogP contribution >= 0.6 is 7.82 Å². The molecule has 0 aromatic rings. The van der Waals surface area contributed by atoms with Crippen LogP contribution in [-0.4, -0.2) is 49.9 Å². The van der Waals surface area contributed by atoms with Crippen LogP contribution in [0.5, 0.6) is 0 Å². The van der Waals surface area contributed by atoms with E-state index < -0.39 is 37.7 Å². The number of phosphoric acid groups is 1. The van der Waals surface area contributed by atoms with Crippen LogP contribution < -0.4 is 0 Å². The fourth-order valence-corrected chi connectivity index (χ4v) is 3.58. The Balaban J connectivity index is 4.16. The van der Waals surface area contributed by atoms with Gasteiger partial charge in [-0.05, 0) is 32.1 Å². The van der Waals surface area contributed by atoms with E-state index >= 15 is 0 Å². The maximum absolute atomic E-state index is 12.2. The summed E-state index contributed by atoms with van der Waals surface area (Å²) in [5, 5.41) is 20.6. The molecule has 0 bridgehead atoms. The van der Waals surface area contributed by atoms with E-state index in [0.717, 1.165) is 38.5 Å². The predicted molar refractivity (Wildman–Crippen MR) is 119 cm³/mol. The first-order chi connectivity index (χ1) is 14.6. The highest BCUT2D eigenvalue weighted by atomic mass is 31.2. The Bertz CT molecular complexity index is 586. The lowest BCUT2D eigenvalue weighted by atomic mass is 9.87. The summed E-state index contributed by atoms with van der Waals surface area (Å²) in [5.74, 6) is -1.66. The van der Waals surface area contributed by atoms with Gasteiger partial charge in [-0.2, -0.15) is 0 Å². The van der Waals surface area contributed by atoms with Crippen molar-refractivity contribution < 1.29 is 38.7 Å². The SMILES string of the molecule is CCCCCC/C=C\CCCCCCCC(=O)C(O)C(O)(COP(=O)(O)O)C(=O)CC. The van der Waals surface area contributed by atoms with Crippen molar-refractivity contribution >= 4 is 19.4 Å². The van der Waals surface area contributed by atoms with Crippen molar-refractivity contribution in [2.24, 2.45) is 0 Å². The third-order valence-corrected chi connectivity index (χ3v) is 5.66. The first kappa shape index (κ1) is 30.1. The van der Waals surface area contributed by atoms with Gasteiger partial charge in [-0.15, -0.1) is 0 Å². The van der Waals surface area contributed by atoms with Gasteiger partial charge < -0.3 is 20.0 Å². The fourth-order valence-electron chi connectivity index (χ4n) is 3.22. The molecule has 0 heterocycles. The minimum Gasteiger partial charge on any atom is -0.382 e. The van der Waals surface area contributed by atoms with Crippen molar-refractivity contribution in [3.05, 3.63) is 12.2 Å². The zero-order valence-electron chi connectivity index (χ0n) is 19.0. The number of aliphatic hydroxyl groups excluding tert-OH is 1. The van der Waals surface area contributed by atoms with Gasteiger partial charge >= 0.3 is 7.82 Å². The highest BCUT2D eigenvalue weighted by Crippen LogP contribution is 2.37. The van der Waals surface area contributed by atoms with Crippen molar-refractivity contribution in [2.45, 2.75) is 109 Å². The number of unbranched alkanes of at least 4 members (excludes halogenated alkanes) is 9. The number of Topliss-reactive ketones (excluding diaryl/α,β-unsaturated/α-hetero) is 2. The molecular formula is C22H41O8P. The third-order valence-electron chi connectivity index (χ3n) is 5.20. The number of rotatable bonds is 20. The van der Waals surface area contributed by atoms with E-state index in [9.17, 15) is 24.4 Å². The van der Waals surface area contributed by atoms with Crippen molar-refractivity contribution in [1.29, 1.82) is 0 Å². The molecule has 0 aromatic heterocycles. The Labute approximate surface area is 186 Å². The second-order valence-electron chi connectivity index (χ2n) is 7.96. The van der Waals surface area contributed by atoms with E-state index in [2.05, 4.69) is 23.6 Å². The molecule has 0 aromatic carbocycles. The lowest BCUT2D eigenvalue weighted by Crippen LogP contribution is -2.56. The van der Waals surface area contributed by atoms with Crippen LogP contribution in [-0.2, 0) is 18.7 Å². The summed E-state index contributed by atoms with van der Waals surface area (Å²) in [6.07, 6.45) is 13.7. The van der Waals surface area contributed by atoms with E-state index in [1.807, 2.05) is 0 Å². The number of phosphoric ester groups is 1. The summed E-state index contributed by atoms with van der Waals surface area (Å²) in [7, 11) is -4.97. The number of hydrogen-bond donors (Lipinski definition) is 4. The third kappa shape index (κ3) is 14.0. The molecular weight excluding hydrogens is 423 g/mol. The molecule has 0 fully saturated rings. The van der Waals surface area contributed by atoms with Crippen molar-refractivity contribution in [2.75, 3.05) is 6.61 Å². The molecule has 2 atom stereocenters. The average molecular weight is 465 g/mol. The van der Waals surface area contributed by atoms with Crippen LogP contribution in [0.3, 0.4) is 0 Å². The smallest absolute Gasteiger partial charge is 0.382 e. The zero-order chi connectivity index (χ0) is 23.8. The second kappa shape index (κ2) is 16.7. The number of ketones is 2. The first-order valence-electron chi connectivity index (χ1n) is 11.4. The standard InChI is InChI=1S/C22H41O8P/c1-3-5-6-7-8-9-10-11-12-13-14-15-16-17-19(23)21(25)22(26,20(24)4-2)18-30-31(27,28)29/h9-10,21,25-26H,3-8,11-18H2,1-2H3,(H2,27,28,29)/b10-9-. The van der Waals surface area contributed by atoms with Crippen molar-refractivity contribution in [3.8, 4) is 0 Å². The molecule has 4 N–H and O–H groups in total. The first-order valence-corrected chi connectivity index (χ1v) is 12.9. The lowest BCUT2D eigenvalue weighted by molar-refractivity contribution is -0.164. The van der Waals surface area contributed by atoms with Crippen molar-refractivity contribution in [1.82, 2.24) is 0 Å². The van der Waals surface area contributed by atoms with E-state index in [1.165, 1.54) is 32.6 Å². The predicted octanol–water partition coefficient (Wildman–Crippen LogP) is 3.99. The van der Waals surface area contributed by atoms with Gasteiger partial charge in [0.2, 0.25) is 0 Å². The van der Waals surface area contributed by atoms with Gasteiger partial charge in [0.25, 0.3) is 0 Å². The molecule has 0 rings (SSSR count). The van der Waals surface area contributed by atoms with E-state index in [0.29, 0.717) is 6.42 Å². The second-order valence-corrected chi connectivity index (χ2v) is 9.20. The summed E-state index contributed by atoms with van der Waals surface area (Å²) in [5.41, 5.74) is -2.67. The molecule has 2 unspecified atom stereocenters. The van der Waals surface area contributed by atoms with Gasteiger partial charge in [0.15, 0.2) is 23.3 Å². The quantitative estimate of drug-likeness (QED) is 0.120. The molecule has 0 spiro atoms. The van der Waals surface area contributed by atoms with Crippen LogP contribution in [0, 0.1) is 0 Å². The topological polar surface area (TPSA) is 141 Å². The summed E-state index contributed by atoms with van der Waals surface area (Å²) in [4.78, 5) is 41.8. The Hall–Kier alpha value is -0.890. The number of hydrogen-bond acceptors (Lipinski definition) is 6. The summed E-state index contributed by atoms with van der Waals surface area (Å²) in [6.45, 7) is 2.46. The summed E-state index contributed by atoms with van der Waals surface area (Å²) < 4.78 is 15.1. The van der Waals surface area contributed by atoms with E-state index in [-0.39, 0.29) is 12.8 Å². The van der Waals surface area contributed by atoms with Gasteiger partial charge in [0.05, 0.1) is 6.61 Å². The Morgan fingerprint density at radius 2 is 1.45 bits per heavy atom. The van der Waals surface area contributed by atoms with Gasteiger partial charge in [0.1, 0.15) is 0 Å². The van der Waals surface area contributed by atoms with Gasteiger partial charge in [-0.1, -0.05) is 64.5 Å². The van der Waals surface area contributed by atoms with Gasteiger partial charge in [-0.25, -0.2) is 4.57 Å². The molecule has 0 aliphatic rings.